The summed E-state index contributed by atoms with van der Waals surface area (Å²) in [6.45, 7) is 9.29. The van der Waals surface area contributed by atoms with Crippen LogP contribution >= 0.6 is 0 Å². The molecule has 3 aliphatic rings. The Labute approximate surface area is 214 Å². The first-order chi connectivity index (χ1) is 16.7. The van der Waals surface area contributed by atoms with Gasteiger partial charge in [0, 0.05) is 0 Å². The van der Waals surface area contributed by atoms with E-state index in [1.807, 2.05) is 5.57 Å². The van der Waals surface area contributed by atoms with Gasteiger partial charge >= 0.3 is 0 Å². The van der Waals surface area contributed by atoms with E-state index >= 15 is 0 Å². The molecule has 0 radical (unpaired) electrons. The summed E-state index contributed by atoms with van der Waals surface area (Å²) < 4.78 is 0. The molecule has 0 aromatic heterocycles. The maximum Gasteiger partial charge on any atom is -0.0175 e. The van der Waals surface area contributed by atoms with Crippen LogP contribution in [0.15, 0.2) is 36.0 Å². The average Bonchev–Trinajstić information content (AvgIpc) is 2.89. The molecule has 2 atom stereocenters. The smallest absolute Gasteiger partial charge is 0.0175 e. The van der Waals surface area contributed by atoms with Gasteiger partial charge in [-0.15, -0.1) is 0 Å². The van der Waals surface area contributed by atoms with Crippen LogP contribution in [-0.4, -0.2) is 0 Å². The first-order valence-corrected chi connectivity index (χ1v) is 15.7. The topological polar surface area (TPSA) is 0 Å². The van der Waals surface area contributed by atoms with Crippen molar-refractivity contribution < 1.29 is 0 Å². The summed E-state index contributed by atoms with van der Waals surface area (Å²) in [6, 6.07) is 0. The molecule has 34 heavy (non-hydrogen) atoms. The monoisotopic (exact) mass is 466 g/mol. The molecular formula is C34H58. The van der Waals surface area contributed by atoms with E-state index in [4.69, 9.17) is 6.58 Å². The van der Waals surface area contributed by atoms with Gasteiger partial charge < -0.3 is 0 Å². The third-order valence-corrected chi connectivity index (χ3v) is 9.88. The van der Waals surface area contributed by atoms with E-state index in [9.17, 15) is 0 Å². The molecule has 3 saturated carbocycles. The summed E-state index contributed by atoms with van der Waals surface area (Å²) in [6.07, 6.45) is 37.2. The highest BCUT2D eigenvalue weighted by molar-refractivity contribution is 5.12. The predicted molar refractivity (Wildman–Crippen MR) is 152 cm³/mol. The third-order valence-electron chi connectivity index (χ3n) is 9.88. The Bertz CT molecular complexity index is 608. The zero-order valence-corrected chi connectivity index (χ0v) is 23.2. The Hall–Kier alpha value is -0.780. The highest BCUT2D eigenvalue weighted by atomic mass is 14.4. The molecule has 0 amide bonds. The Morgan fingerprint density at radius 3 is 2.24 bits per heavy atom. The van der Waals surface area contributed by atoms with Crippen LogP contribution < -0.4 is 0 Å². The van der Waals surface area contributed by atoms with E-state index in [0.717, 1.165) is 29.6 Å². The summed E-state index contributed by atoms with van der Waals surface area (Å²) >= 11 is 0. The molecule has 0 aliphatic heterocycles. The normalized spacial score (nSPS) is 29.5. The van der Waals surface area contributed by atoms with Crippen molar-refractivity contribution in [2.75, 3.05) is 0 Å². The molecule has 0 aromatic carbocycles. The van der Waals surface area contributed by atoms with Gasteiger partial charge in [-0.25, -0.2) is 0 Å². The van der Waals surface area contributed by atoms with Crippen LogP contribution in [0.25, 0.3) is 0 Å². The van der Waals surface area contributed by atoms with E-state index < -0.39 is 0 Å². The van der Waals surface area contributed by atoms with Gasteiger partial charge in [0.25, 0.3) is 0 Å². The number of allylic oxidation sites excluding steroid dienone is 5. The molecule has 0 heteroatoms. The second-order valence-electron chi connectivity index (χ2n) is 12.2. The fraction of sp³-hybridized carbons (Fsp3) is 0.824. The van der Waals surface area contributed by atoms with E-state index in [0.29, 0.717) is 0 Å². The minimum Gasteiger partial charge on any atom is -0.0993 e. The molecule has 0 bridgehead atoms. The summed E-state index contributed by atoms with van der Waals surface area (Å²) in [7, 11) is 0. The van der Waals surface area contributed by atoms with Crippen molar-refractivity contribution in [2.45, 2.75) is 149 Å². The number of unbranched alkanes of at least 4 members (excludes halogenated alkanes) is 2. The number of rotatable bonds is 13. The van der Waals surface area contributed by atoms with Crippen LogP contribution in [0.5, 0.6) is 0 Å². The lowest BCUT2D eigenvalue weighted by molar-refractivity contribution is 0.215. The molecule has 0 saturated heterocycles. The molecule has 0 heterocycles. The van der Waals surface area contributed by atoms with Crippen LogP contribution in [0.1, 0.15) is 149 Å². The molecule has 0 spiro atoms. The Morgan fingerprint density at radius 2 is 1.50 bits per heavy atom. The van der Waals surface area contributed by atoms with Crippen molar-refractivity contribution in [3.05, 3.63) is 36.0 Å². The molecule has 3 fully saturated rings. The molecule has 2 unspecified atom stereocenters. The summed E-state index contributed by atoms with van der Waals surface area (Å²) in [4.78, 5) is 0. The minimum absolute atomic E-state index is 0.824. The maximum absolute atomic E-state index is 4.80. The first kappa shape index (κ1) is 27.8. The molecule has 0 aromatic rings. The summed E-state index contributed by atoms with van der Waals surface area (Å²) in [5.41, 5.74) is 3.49. The largest absolute Gasteiger partial charge is 0.0993 e. The second-order valence-corrected chi connectivity index (χ2v) is 12.2. The molecule has 194 valence electrons. The van der Waals surface area contributed by atoms with Crippen molar-refractivity contribution in [2.24, 2.45) is 29.6 Å². The van der Waals surface area contributed by atoms with Crippen LogP contribution in [-0.2, 0) is 0 Å². The maximum atomic E-state index is 4.80. The lowest BCUT2D eigenvalue weighted by atomic mass is 9.67. The fourth-order valence-electron chi connectivity index (χ4n) is 7.69. The molecule has 3 aliphatic carbocycles. The third kappa shape index (κ3) is 9.02. The molecular weight excluding hydrogens is 408 g/mol. The summed E-state index contributed by atoms with van der Waals surface area (Å²) in [5.74, 6) is 4.47. The van der Waals surface area contributed by atoms with Gasteiger partial charge in [0.2, 0.25) is 0 Å². The fourth-order valence-corrected chi connectivity index (χ4v) is 7.69. The minimum atomic E-state index is 0.824. The standard InChI is InChI=1S/C34H58/c1-4-6-9-16-29-24-26-30(27-25-29)28(3)34-23-14-13-20-33(34)22-15-21-32(17-10-7-5-2)31-18-11-8-12-19-31/h5,7,21,29-31,33-34H,3-4,6,8-20,22-27H2,1-2H3/b7-5+,32-21+. The van der Waals surface area contributed by atoms with Crippen molar-refractivity contribution in [1.82, 2.24) is 0 Å². The molecule has 3 rings (SSSR count). The predicted octanol–water partition coefficient (Wildman–Crippen LogP) is 11.4. The van der Waals surface area contributed by atoms with Crippen molar-refractivity contribution in [3.8, 4) is 0 Å². The van der Waals surface area contributed by atoms with Gasteiger partial charge in [0.15, 0.2) is 0 Å². The van der Waals surface area contributed by atoms with Gasteiger partial charge in [-0.3, -0.25) is 0 Å². The number of hydrogen-bond donors (Lipinski definition) is 0. The zero-order valence-electron chi connectivity index (χ0n) is 23.2. The van der Waals surface area contributed by atoms with Crippen molar-refractivity contribution >= 4 is 0 Å². The molecule has 0 nitrogen and oxygen atoms in total. The average molecular weight is 467 g/mol. The zero-order chi connectivity index (χ0) is 24.0. The lowest BCUT2D eigenvalue weighted by Gasteiger charge is -2.38. The summed E-state index contributed by atoms with van der Waals surface area (Å²) in [5, 5.41) is 0. The highest BCUT2D eigenvalue weighted by Gasteiger charge is 2.32. The van der Waals surface area contributed by atoms with Crippen molar-refractivity contribution in [3.63, 3.8) is 0 Å². The Balaban J connectivity index is 1.51. The Morgan fingerprint density at radius 1 is 0.765 bits per heavy atom. The van der Waals surface area contributed by atoms with Gasteiger partial charge in [-0.1, -0.05) is 101 Å². The van der Waals surface area contributed by atoms with E-state index in [1.165, 1.54) is 135 Å². The van der Waals surface area contributed by atoms with E-state index in [1.54, 1.807) is 5.57 Å². The van der Waals surface area contributed by atoms with Gasteiger partial charge in [0.05, 0.1) is 0 Å². The molecule has 0 N–H and O–H groups in total. The number of hydrogen-bond acceptors (Lipinski definition) is 0. The van der Waals surface area contributed by atoms with Crippen molar-refractivity contribution in [1.29, 1.82) is 0 Å². The SMILES string of the molecule is C=C(C1CCC(CCCCC)CC1)C1CCCCC1CC/C=C(\CC/C=C/C)C1CCCCC1. The highest BCUT2D eigenvalue weighted by Crippen LogP contribution is 2.44. The second kappa shape index (κ2) is 16.1. The van der Waals surface area contributed by atoms with Gasteiger partial charge in [-0.05, 0) is 114 Å². The van der Waals surface area contributed by atoms with Crippen LogP contribution in [0.4, 0.5) is 0 Å². The lowest BCUT2D eigenvalue weighted by Crippen LogP contribution is -2.26. The Kier molecular flexibility index (Phi) is 13.1. The first-order valence-electron chi connectivity index (χ1n) is 15.7. The quantitative estimate of drug-likeness (QED) is 0.187. The van der Waals surface area contributed by atoms with E-state index in [-0.39, 0.29) is 0 Å². The van der Waals surface area contributed by atoms with Crippen LogP contribution in [0, 0.1) is 29.6 Å². The van der Waals surface area contributed by atoms with Gasteiger partial charge in [0.1, 0.15) is 0 Å². The van der Waals surface area contributed by atoms with E-state index in [2.05, 4.69) is 32.1 Å². The van der Waals surface area contributed by atoms with Crippen LogP contribution in [0.3, 0.4) is 0 Å². The van der Waals surface area contributed by atoms with Gasteiger partial charge in [-0.2, -0.15) is 0 Å². The van der Waals surface area contributed by atoms with Crippen LogP contribution in [0.2, 0.25) is 0 Å².